The molecule has 40 heavy (non-hydrogen) atoms. The van der Waals surface area contributed by atoms with E-state index in [9.17, 15) is 18.8 Å². The van der Waals surface area contributed by atoms with Crippen LogP contribution < -0.4 is 25.0 Å². The number of methoxy groups -OCH3 is 2. The van der Waals surface area contributed by atoms with E-state index in [1.807, 2.05) is 20.8 Å². The number of para-hydroxylation sites is 1. The molecule has 0 saturated carbocycles. The first-order chi connectivity index (χ1) is 19.0. The monoisotopic (exact) mass is 554 g/mol. The highest BCUT2D eigenvalue weighted by Gasteiger charge is 2.37. The van der Waals surface area contributed by atoms with Gasteiger partial charge in [-0.2, -0.15) is 0 Å². The zero-order chi connectivity index (χ0) is 29.4. The first kappa shape index (κ1) is 30.1. The average Bonchev–Trinajstić information content (AvgIpc) is 3.33. The predicted molar refractivity (Wildman–Crippen MR) is 148 cm³/mol. The zero-order valence-corrected chi connectivity index (χ0v) is 23.5. The van der Waals surface area contributed by atoms with Gasteiger partial charge in [0.2, 0.25) is 17.7 Å². The molecule has 3 rings (SSSR count). The molecule has 1 atom stereocenters. The second-order valence-corrected chi connectivity index (χ2v) is 9.83. The molecule has 1 heterocycles. The van der Waals surface area contributed by atoms with Crippen molar-refractivity contribution in [2.75, 3.05) is 24.4 Å². The van der Waals surface area contributed by atoms with Crippen LogP contribution in [0.3, 0.4) is 0 Å². The second kappa shape index (κ2) is 13.1. The molecular weight excluding hydrogens is 519 g/mol. The van der Waals surface area contributed by atoms with Crippen LogP contribution in [-0.2, 0) is 14.4 Å². The fourth-order valence-electron chi connectivity index (χ4n) is 4.05. The third kappa shape index (κ3) is 7.37. The van der Waals surface area contributed by atoms with E-state index in [1.54, 1.807) is 31.2 Å². The van der Waals surface area contributed by atoms with E-state index in [0.29, 0.717) is 23.5 Å². The lowest BCUT2D eigenvalue weighted by atomic mass is 9.97. The van der Waals surface area contributed by atoms with E-state index in [2.05, 4.69) is 15.8 Å². The van der Waals surface area contributed by atoms with Crippen LogP contribution >= 0.6 is 0 Å². The first-order valence-electron chi connectivity index (χ1n) is 12.8. The summed E-state index contributed by atoms with van der Waals surface area (Å²) in [6.45, 7) is 7.32. The summed E-state index contributed by atoms with van der Waals surface area (Å²) in [6, 6.07) is 10.6. The van der Waals surface area contributed by atoms with Crippen molar-refractivity contribution in [1.82, 2.24) is 10.5 Å². The standard InChI is InChI=1S/C29H35FN4O6/c1-7-29(3,4)32-28(37)26(21-12-9-13-22(38-5)27(21)39-6)34(20-11-8-10-19(30)17-20)25(36)15-14-24(35)31-23-16-18(2)40-33-23/h8-13,16-17,26H,7,14-15H2,1-6H3,(H,32,37)(H,31,33,35)/t26-/m1/s1. The van der Waals surface area contributed by atoms with Crippen molar-refractivity contribution in [2.45, 2.75) is 58.5 Å². The van der Waals surface area contributed by atoms with Crippen LogP contribution in [-0.4, -0.2) is 42.6 Å². The van der Waals surface area contributed by atoms with Gasteiger partial charge in [0.05, 0.1) is 14.2 Å². The van der Waals surface area contributed by atoms with Crippen molar-refractivity contribution in [3.8, 4) is 11.5 Å². The minimum atomic E-state index is -1.29. The Kier molecular flexibility index (Phi) is 9.87. The fourth-order valence-corrected chi connectivity index (χ4v) is 4.05. The lowest BCUT2D eigenvalue weighted by Gasteiger charge is -2.35. The van der Waals surface area contributed by atoms with Gasteiger partial charge in [-0.25, -0.2) is 4.39 Å². The van der Waals surface area contributed by atoms with Crippen LogP contribution in [0, 0.1) is 12.7 Å². The summed E-state index contributed by atoms with van der Waals surface area (Å²) >= 11 is 0. The number of halogens is 1. The summed E-state index contributed by atoms with van der Waals surface area (Å²) < 4.78 is 30.5. The number of rotatable bonds is 12. The number of ether oxygens (including phenoxy) is 2. The third-order valence-corrected chi connectivity index (χ3v) is 6.40. The van der Waals surface area contributed by atoms with Gasteiger partial charge in [0.1, 0.15) is 17.6 Å². The third-order valence-electron chi connectivity index (χ3n) is 6.40. The van der Waals surface area contributed by atoms with Crippen LogP contribution in [0.5, 0.6) is 11.5 Å². The van der Waals surface area contributed by atoms with E-state index in [1.165, 1.54) is 37.3 Å². The normalized spacial score (nSPS) is 11.9. The molecule has 0 unspecified atom stereocenters. The van der Waals surface area contributed by atoms with E-state index in [-0.39, 0.29) is 30.1 Å². The maximum atomic E-state index is 14.4. The quantitative estimate of drug-likeness (QED) is 0.325. The molecule has 3 aromatic rings. The van der Waals surface area contributed by atoms with Crippen LogP contribution in [0.25, 0.3) is 0 Å². The van der Waals surface area contributed by atoms with Crippen molar-refractivity contribution in [2.24, 2.45) is 0 Å². The van der Waals surface area contributed by atoms with E-state index in [0.717, 1.165) is 6.07 Å². The van der Waals surface area contributed by atoms with Gasteiger partial charge in [-0.05, 0) is 51.5 Å². The number of hydrogen-bond acceptors (Lipinski definition) is 7. The highest BCUT2D eigenvalue weighted by atomic mass is 19.1. The van der Waals surface area contributed by atoms with Crippen LogP contribution in [0.2, 0.25) is 0 Å². The van der Waals surface area contributed by atoms with Crippen molar-refractivity contribution in [3.05, 3.63) is 65.7 Å². The highest BCUT2D eigenvalue weighted by molar-refractivity contribution is 6.03. The molecule has 0 aliphatic carbocycles. The van der Waals surface area contributed by atoms with Crippen LogP contribution in [0.1, 0.15) is 57.4 Å². The molecule has 10 nitrogen and oxygen atoms in total. The largest absolute Gasteiger partial charge is 0.493 e. The maximum Gasteiger partial charge on any atom is 0.248 e. The van der Waals surface area contributed by atoms with Crippen molar-refractivity contribution in [1.29, 1.82) is 0 Å². The first-order valence-corrected chi connectivity index (χ1v) is 12.8. The van der Waals surface area contributed by atoms with Crippen LogP contribution in [0.4, 0.5) is 15.9 Å². The zero-order valence-electron chi connectivity index (χ0n) is 23.5. The Morgan fingerprint density at radius 3 is 2.40 bits per heavy atom. The SMILES string of the molecule is CCC(C)(C)NC(=O)[C@@H](c1cccc(OC)c1OC)N(C(=O)CCC(=O)Nc1cc(C)on1)c1cccc(F)c1. The summed E-state index contributed by atoms with van der Waals surface area (Å²) in [5.74, 6) is -0.853. The maximum absolute atomic E-state index is 14.4. The van der Waals surface area contributed by atoms with E-state index >= 15 is 0 Å². The molecule has 0 saturated heterocycles. The van der Waals surface area contributed by atoms with Crippen molar-refractivity contribution < 1.29 is 32.8 Å². The Bertz CT molecular complexity index is 1360. The molecule has 0 aliphatic heterocycles. The van der Waals surface area contributed by atoms with Gasteiger partial charge in [-0.3, -0.25) is 19.3 Å². The number of aryl methyl sites for hydroxylation is 1. The molecule has 2 N–H and O–H groups in total. The number of nitrogens with one attached hydrogen (secondary N) is 2. The summed E-state index contributed by atoms with van der Waals surface area (Å²) in [5, 5.41) is 9.28. The minimum Gasteiger partial charge on any atom is -0.493 e. The Morgan fingerprint density at radius 2 is 1.80 bits per heavy atom. The van der Waals surface area contributed by atoms with Gasteiger partial charge in [0.25, 0.3) is 0 Å². The van der Waals surface area contributed by atoms with Gasteiger partial charge in [0, 0.05) is 35.7 Å². The Labute approximate surface area is 232 Å². The smallest absolute Gasteiger partial charge is 0.248 e. The lowest BCUT2D eigenvalue weighted by Crippen LogP contribution is -2.50. The molecule has 2 aromatic carbocycles. The highest BCUT2D eigenvalue weighted by Crippen LogP contribution is 2.39. The number of carbonyl (C=O) groups is 3. The van der Waals surface area contributed by atoms with Gasteiger partial charge < -0.3 is 24.6 Å². The number of anilines is 2. The molecule has 1 aromatic heterocycles. The molecule has 214 valence electrons. The van der Waals surface area contributed by atoms with Gasteiger partial charge in [0.15, 0.2) is 17.3 Å². The molecule has 0 bridgehead atoms. The second-order valence-electron chi connectivity index (χ2n) is 9.83. The van der Waals surface area contributed by atoms with Gasteiger partial charge in [-0.1, -0.05) is 30.3 Å². The fraction of sp³-hybridized carbons (Fsp3) is 0.379. The summed E-state index contributed by atoms with van der Waals surface area (Å²) in [5.41, 5.74) is -0.156. The molecular formula is C29H35FN4O6. The molecule has 0 spiro atoms. The summed E-state index contributed by atoms with van der Waals surface area (Å²) in [7, 11) is 2.89. The molecule has 0 radical (unpaired) electrons. The predicted octanol–water partition coefficient (Wildman–Crippen LogP) is 4.94. The van der Waals surface area contributed by atoms with Crippen molar-refractivity contribution in [3.63, 3.8) is 0 Å². The van der Waals surface area contributed by atoms with Gasteiger partial charge >= 0.3 is 0 Å². The number of amides is 3. The molecule has 0 fully saturated rings. The number of carbonyl (C=O) groups excluding carboxylic acids is 3. The van der Waals surface area contributed by atoms with E-state index < -0.39 is 35.1 Å². The number of nitrogens with zero attached hydrogens (tertiary/aromatic N) is 2. The minimum absolute atomic E-state index is 0.136. The Morgan fingerprint density at radius 1 is 1.07 bits per heavy atom. The Hall–Kier alpha value is -4.41. The van der Waals surface area contributed by atoms with Crippen molar-refractivity contribution >= 4 is 29.2 Å². The molecule has 11 heteroatoms. The van der Waals surface area contributed by atoms with E-state index in [4.69, 9.17) is 14.0 Å². The molecule has 0 aliphatic rings. The average molecular weight is 555 g/mol. The number of benzene rings is 2. The van der Waals surface area contributed by atoms with Gasteiger partial charge in [-0.15, -0.1) is 0 Å². The lowest BCUT2D eigenvalue weighted by molar-refractivity contribution is -0.128. The summed E-state index contributed by atoms with van der Waals surface area (Å²) in [4.78, 5) is 41.6. The Balaban J connectivity index is 2.07. The number of hydrogen-bond donors (Lipinski definition) is 2. The van der Waals surface area contributed by atoms with Crippen LogP contribution in [0.15, 0.2) is 53.1 Å². The summed E-state index contributed by atoms with van der Waals surface area (Å²) in [6.07, 6.45) is 0.101. The topological polar surface area (TPSA) is 123 Å². The number of aromatic nitrogens is 1. The molecule has 3 amide bonds.